The molecular formula is C26H24N2O3. The van der Waals surface area contributed by atoms with Gasteiger partial charge in [-0.2, -0.15) is 0 Å². The number of rotatable bonds is 3. The molecule has 1 unspecified atom stereocenters. The topological polar surface area (TPSA) is 70.5 Å². The van der Waals surface area contributed by atoms with Crippen LogP contribution in [0.25, 0.3) is 5.76 Å². The second-order valence-electron chi connectivity index (χ2n) is 8.61. The van der Waals surface area contributed by atoms with Crippen molar-refractivity contribution >= 4 is 23.1 Å². The lowest BCUT2D eigenvalue weighted by atomic mass is 9.85. The molecular weight excluding hydrogens is 388 g/mol. The Kier molecular flexibility index (Phi) is 5.19. The van der Waals surface area contributed by atoms with E-state index in [4.69, 9.17) is 0 Å². The van der Waals surface area contributed by atoms with E-state index >= 15 is 0 Å². The number of benzene rings is 2. The van der Waals surface area contributed by atoms with Crippen molar-refractivity contribution in [2.45, 2.75) is 32.2 Å². The SMILES string of the molecule is CC(C)(C)c1ccc(C2/C(=C(/O)c3ccncc3)C(=O)C(=O)N2c2ccccc2)cc1. The van der Waals surface area contributed by atoms with E-state index in [1.165, 1.54) is 17.3 Å². The van der Waals surface area contributed by atoms with Crippen molar-refractivity contribution in [3.8, 4) is 0 Å². The number of aliphatic hydroxyl groups excluding tert-OH is 1. The number of amides is 1. The Morgan fingerprint density at radius 1 is 0.903 bits per heavy atom. The maximum atomic E-state index is 13.1. The highest BCUT2D eigenvalue weighted by Crippen LogP contribution is 2.42. The quantitative estimate of drug-likeness (QED) is 0.373. The first-order valence-corrected chi connectivity index (χ1v) is 10.2. The van der Waals surface area contributed by atoms with E-state index in [1.807, 2.05) is 42.5 Å². The predicted octanol–water partition coefficient (Wildman–Crippen LogP) is 5.01. The molecule has 3 aromatic rings. The predicted molar refractivity (Wildman–Crippen MR) is 121 cm³/mol. The molecule has 0 spiro atoms. The number of pyridine rings is 1. The van der Waals surface area contributed by atoms with Crippen LogP contribution in [0.5, 0.6) is 0 Å². The van der Waals surface area contributed by atoms with Crippen molar-refractivity contribution < 1.29 is 14.7 Å². The Labute approximate surface area is 181 Å². The number of ketones is 1. The zero-order valence-electron chi connectivity index (χ0n) is 17.7. The molecule has 1 fully saturated rings. The first kappa shape index (κ1) is 20.5. The Hall–Kier alpha value is -3.73. The molecule has 0 radical (unpaired) electrons. The molecule has 1 aliphatic heterocycles. The Morgan fingerprint density at radius 2 is 1.52 bits per heavy atom. The number of para-hydroxylation sites is 1. The van der Waals surface area contributed by atoms with Crippen LogP contribution in [0, 0.1) is 0 Å². The van der Waals surface area contributed by atoms with Crippen LogP contribution in [0.3, 0.4) is 0 Å². The van der Waals surface area contributed by atoms with Gasteiger partial charge in [0, 0.05) is 23.6 Å². The normalized spacial score (nSPS) is 18.4. The molecule has 5 heteroatoms. The summed E-state index contributed by atoms with van der Waals surface area (Å²) in [5.74, 6) is -1.57. The van der Waals surface area contributed by atoms with Crippen LogP contribution in [0.15, 0.2) is 84.7 Å². The highest BCUT2D eigenvalue weighted by molar-refractivity contribution is 6.51. The molecule has 4 rings (SSSR count). The van der Waals surface area contributed by atoms with Gasteiger partial charge in [0.1, 0.15) is 5.76 Å². The summed E-state index contributed by atoms with van der Waals surface area (Å²) >= 11 is 0. The summed E-state index contributed by atoms with van der Waals surface area (Å²) < 4.78 is 0. The van der Waals surface area contributed by atoms with Crippen LogP contribution >= 0.6 is 0 Å². The second kappa shape index (κ2) is 7.84. The van der Waals surface area contributed by atoms with Gasteiger partial charge in [-0.15, -0.1) is 0 Å². The van der Waals surface area contributed by atoms with Crippen LogP contribution in [0.2, 0.25) is 0 Å². The van der Waals surface area contributed by atoms with Crippen molar-refractivity contribution in [2.75, 3.05) is 4.90 Å². The largest absolute Gasteiger partial charge is 0.507 e. The molecule has 1 aromatic heterocycles. The van der Waals surface area contributed by atoms with Crippen LogP contribution in [-0.4, -0.2) is 21.8 Å². The maximum absolute atomic E-state index is 13.1. The number of carbonyl (C=O) groups excluding carboxylic acids is 2. The van der Waals surface area contributed by atoms with Crippen molar-refractivity contribution in [2.24, 2.45) is 0 Å². The first-order valence-electron chi connectivity index (χ1n) is 10.2. The van der Waals surface area contributed by atoms with Crippen LogP contribution in [-0.2, 0) is 15.0 Å². The van der Waals surface area contributed by atoms with Crippen molar-refractivity contribution in [3.05, 3.63) is 101 Å². The van der Waals surface area contributed by atoms with E-state index in [-0.39, 0.29) is 16.7 Å². The molecule has 1 amide bonds. The van der Waals surface area contributed by atoms with Gasteiger partial charge in [0.15, 0.2) is 0 Å². The zero-order valence-corrected chi connectivity index (χ0v) is 17.7. The van der Waals surface area contributed by atoms with Gasteiger partial charge in [0.25, 0.3) is 11.7 Å². The highest BCUT2D eigenvalue weighted by Gasteiger charge is 2.46. The smallest absolute Gasteiger partial charge is 0.300 e. The standard InChI is InChI=1S/C26H24N2O3/c1-26(2,3)19-11-9-17(10-12-19)22-21(23(29)18-13-15-27-16-14-18)24(30)25(31)28(22)20-7-5-4-6-8-20/h4-16,22,29H,1-3H3/b23-21-. The summed E-state index contributed by atoms with van der Waals surface area (Å²) in [5, 5.41) is 11.0. The summed E-state index contributed by atoms with van der Waals surface area (Å²) in [6.45, 7) is 6.38. The van der Waals surface area contributed by atoms with E-state index in [9.17, 15) is 14.7 Å². The second-order valence-corrected chi connectivity index (χ2v) is 8.61. The van der Waals surface area contributed by atoms with Gasteiger partial charge in [-0.05, 0) is 40.8 Å². The summed E-state index contributed by atoms with van der Waals surface area (Å²) in [7, 11) is 0. The summed E-state index contributed by atoms with van der Waals surface area (Å²) in [4.78, 5) is 31.6. The van der Waals surface area contributed by atoms with Gasteiger partial charge >= 0.3 is 0 Å². The van der Waals surface area contributed by atoms with E-state index in [0.717, 1.165) is 11.1 Å². The number of nitrogens with zero attached hydrogens (tertiary/aromatic N) is 2. The number of hydrogen-bond acceptors (Lipinski definition) is 4. The van der Waals surface area contributed by atoms with Gasteiger partial charge in [-0.25, -0.2) is 0 Å². The lowest BCUT2D eigenvalue weighted by Crippen LogP contribution is -2.29. The fourth-order valence-corrected chi connectivity index (χ4v) is 3.83. The van der Waals surface area contributed by atoms with Crippen LogP contribution in [0.4, 0.5) is 5.69 Å². The van der Waals surface area contributed by atoms with E-state index in [1.54, 1.807) is 24.3 Å². The lowest BCUT2D eigenvalue weighted by Gasteiger charge is -2.26. The number of anilines is 1. The molecule has 1 N–H and O–H groups in total. The third-order valence-electron chi connectivity index (χ3n) is 5.52. The van der Waals surface area contributed by atoms with Gasteiger partial charge in [-0.3, -0.25) is 19.5 Å². The van der Waals surface area contributed by atoms with Gasteiger partial charge in [0.05, 0.1) is 11.6 Å². The van der Waals surface area contributed by atoms with Crippen molar-refractivity contribution in [1.29, 1.82) is 0 Å². The Bertz CT molecular complexity index is 1140. The molecule has 2 aromatic carbocycles. The monoisotopic (exact) mass is 412 g/mol. The number of hydrogen-bond donors (Lipinski definition) is 1. The Balaban J connectivity index is 1.92. The van der Waals surface area contributed by atoms with Gasteiger partial charge in [-0.1, -0.05) is 63.2 Å². The van der Waals surface area contributed by atoms with Crippen molar-refractivity contribution in [1.82, 2.24) is 4.98 Å². The minimum Gasteiger partial charge on any atom is -0.507 e. The van der Waals surface area contributed by atoms with E-state index in [2.05, 4.69) is 25.8 Å². The number of aromatic nitrogens is 1. The van der Waals surface area contributed by atoms with Gasteiger partial charge < -0.3 is 5.11 Å². The third kappa shape index (κ3) is 3.75. The molecule has 31 heavy (non-hydrogen) atoms. The fraction of sp³-hybridized carbons (Fsp3) is 0.192. The summed E-state index contributed by atoms with van der Waals surface area (Å²) in [6.07, 6.45) is 3.07. The molecule has 5 nitrogen and oxygen atoms in total. The third-order valence-corrected chi connectivity index (χ3v) is 5.52. The van der Waals surface area contributed by atoms with Crippen LogP contribution in [0.1, 0.15) is 43.5 Å². The molecule has 1 atom stereocenters. The number of aliphatic hydroxyl groups is 1. The molecule has 0 bridgehead atoms. The van der Waals surface area contributed by atoms with Crippen LogP contribution < -0.4 is 4.90 Å². The van der Waals surface area contributed by atoms with Gasteiger partial charge in [0.2, 0.25) is 0 Å². The average molecular weight is 412 g/mol. The lowest BCUT2D eigenvalue weighted by molar-refractivity contribution is -0.132. The molecule has 2 heterocycles. The fourth-order valence-electron chi connectivity index (χ4n) is 3.83. The molecule has 0 saturated carbocycles. The molecule has 0 aliphatic carbocycles. The first-order chi connectivity index (χ1) is 14.8. The number of Topliss-reactive ketones (excluding diaryl/α,β-unsaturated/α-hetero) is 1. The average Bonchev–Trinajstić information content (AvgIpc) is 3.04. The zero-order chi connectivity index (χ0) is 22.2. The van der Waals surface area contributed by atoms with Crippen molar-refractivity contribution in [3.63, 3.8) is 0 Å². The highest BCUT2D eigenvalue weighted by atomic mass is 16.3. The Morgan fingerprint density at radius 3 is 2.10 bits per heavy atom. The molecule has 1 aliphatic rings. The molecule has 1 saturated heterocycles. The van der Waals surface area contributed by atoms with E-state index in [0.29, 0.717) is 11.3 Å². The summed E-state index contributed by atoms with van der Waals surface area (Å²) in [5.41, 5.74) is 2.98. The maximum Gasteiger partial charge on any atom is 0.300 e. The number of carbonyl (C=O) groups is 2. The summed E-state index contributed by atoms with van der Waals surface area (Å²) in [6, 6.07) is 19.4. The van der Waals surface area contributed by atoms with E-state index < -0.39 is 17.7 Å². The minimum atomic E-state index is -0.732. The minimum absolute atomic E-state index is 0.0309. The molecule has 156 valence electrons.